The van der Waals surface area contributed by atoms with Gasteiger partial charge in [-0.2, -0.15) is 9.57 Å². The molecule has 0 radical (unpaired) electrons. The molecule has 0 unspecified atom stereocenters. The Bertz CT molecular complexity index is 1040. The highest BCUT2D eigenvalue weighted by Crippen LogP contribution is 2.26. The number of piperazine rings is 1. The van der Waals surface area contributed by atoms with Gasteiger partial charge in [0, 0.05) is 26.2 Å². The molecule has 1 aliphatic heterocycles. The van der Waals surface area contributed by atoms with Crippen LogP contribution in [0.5, 0.6) is 0 Å². The Morgan fingerprint density at radius 1 is 1.14 bits per heavy atom. The number of sulfonamides is 1. The third-order valence-electron chi connectivity index (χ3n) is 4.83. The van der Waals surface area contributed by atoms with E-state index in [2.05, 4.69) is 6.07 Å². The molecule has 0 amide bonds. The van der Waals surface area contributed by atoms with Crippen molar-refractivity contribution in [1.82, 2.24) is 4.31 Å². The number of carboxylic acids is 1. The fraction of sp³-hybridized carbons (Fsp3) is 0.300. The van der Waals surface area contributed by atoms with Crippen LogP contribution in [0.1, 0.15) is 16.7 Å². The Morgan fingerprint density at radius 3 is 2.46 bits per heavy atom. The molecule has 1 aliphatic rings. The number of aryl methyl sites for hydroxylation is 1. The predicted octanol–water partition coefficient (Wildman–Crippen LogP) is 2.00. The third-order valence-corrected chi connectivity index (χ3v) is 6.87. The molecule has 1 N–H and O–H groups in total. The van der Waals surface area contributed by atoms with Gasteiger partial charge in [-0.25, -0.2) is 8.42 Å². The molecule has 1 heterocycles. The zero-order valence-corrected chi connectivity index (χ0v) is 16.3. The second-order valence-electron chi connectivity index (χ2n) is 6.69. The summed E-state index contributed by atoms with van der Waals surface area (Å²) in [4.78, 5) is 13.1. The normalized spacial score (nSPS) is 15.2. The van der Waals surface area contributed by atoms with E-state index in [0.29, 0.717) is 42.9 Å². The minimum absolute atomic E-state index is 0.150. The lowest BCUT2D eigenvalue weighted by molar-refractivity contribution is -0.136. The number of nitrogens with zero attached hydrogens (tertiary/aromatic N) is 3. The summed E-state index contributed by atoms with van der Waals surface area (Å²) in [5, 5.41) is 18.2. The Balaban J connectivity index is 1.80. The van der Waals surface area contributed by atoms with Gasteiger partial charge in [-0.1, -0.05) is 24.3 Å². The van der Waals surface area contributed by atoms with Gasteiger partial charge >= 0.3 is 5.97 Å². The van der Waals surface area contributed by atoms with Crippen molar-refractivity contribution >= 4 is 21.7 Å². The highest BCUT2D eigenvalue weighted by molar-refractivity contribution is 7.89. The second-order valence-corrected chi connectivity index (χ2v) is 8.60. The van der Waals surface area contributed by atoms with Gasteiger partial charge in [-0.15, -0.1) is 0 Å². The highest BCUT2D eigenvalue weighted by atomic mass is 32.2. The first-order chi connectivity index (χ1) is 13.3. The number of carbonyl (C=O) groups is 1. The fourth-order valence-electron chi connectivity index (χ4n) is 3.36. The minimum atomic E-state index is -3.72. The van der Waals surface area contributed by atoms with Crippen molar-refractivity contribution in [3.8, 4) is 6.07 Å². The van der Waals surface area contributed by atoms with E-state index in [1.54, 1.807) is 31.2 Å². The first-order valence-corrected chi connectivity index (χ1v) is 10.3. The number of carboxylic acid groups (broad SMARTS) is 1. The SMILES string of the molecule is Cc1ccc(CC(=O)O)cc1S(=O)(=O)N1CCN(c2ccccc2C#N)CC1. The van der Waals surface area contributed by atoms with Crippen molar-refractivity contribution in [2.75, 3.05) is 31.1 Å². The molecule has 0 atom stereocenters. The molecule has 8 heteroatoms. The molecule has 28 heavy (non-hydrogen) atoms. The lowest BCUT2D eigenvalue weighted by Crippen LogP contribution is -2.49. The molecular weight excluding hydrogens is 378 g/mol. The maximum atomic E-state index is 13.1. The number of hydrogen-bond acceptors (Lipinski definition) is 5. The monoisotopic (exact) mass is 399 g/mol. The van der Waals surface area contributed by atoms with Crippen molar-refractivity contribution < 1.29 is 18.3 Å². The van der Waals surface area contributed by atoms with Gasteiger partial charge < -0.3 is 10.0 Å². The molecule has 0 saturated carbocycles. The van der Waals surface area contributed by atoms with Crippen LogP contribution in [0.15, 0.2) is 47.4 Å². The van der Waals surface area contributed by atoms with Crippen molar-refractivity contribution in [2.45, 2.75) is 18.2 Å². The van der Waals surface area contributed by atoms with Gasteiger partial charge in [-0.3, -0.25) is 4.79 Å². The first kappa shape index (κ1) is 19.9. The second kappa shape index (κ2) is 8.00. The Morgan fingerprint density at radius 2 is 1.82 bits per heavy atom. The molecule has 0 aliphatic carbocycles. The van der Waals surface area contributed by atoms with Crippen LogP contribution in [0.25, 0.3) is 0 Å². The van der Waals surface area contributed by atoms with E-state index in [1.807, 2.05) is 17.0 Å². The van der Waals surface area contributed by atoms with E-state index in [0.717, 1.165) is 5.69 Å². The highest BCUT2D eigenvalue weighted by Gasteiger charge is 2.30. The van der Waals surface area contributed by atoms with Crippen LogP contribution >= 0.6 is 0 Å². The largest absolute Gasteiger partial charge is 0.481 e. The molecule has 2 aromatic rings. The van der Waals surface area contributed by atoms with Crippen molar-refractivity contribution in [1.29, 1.82) is 5.26 Å². The maximum absolute atomic E-state index is 13.1. The topological polar surface area (TPSA) is 102 Å². The van der Waals surface area contributed by atoms with Gasteiger partial charge in [0.05, 0.1) is 22.6 Å². The predicted molar refractivity (Wildman–Crippen MR) is 105 cm³/mol. The smallest absolute Gasteiger partial charge is 0.307 e. The van der Waals surface area contributed by atoms with Crippen LogP contribution < -0.4 is 4.90 Å². The van der Waals surface area contributed by atoms with Crippen LogP contribution in [-0.4, -0.2) is 50.0 Å². The van der Waals surface area contributed by atoms with E-state index in [1.165, 1.54) is 10.4 Å². The van der Waals surface area contributed by atoms with Gasteiger partial charge in [-0.05, 0) is 36.2 Å². The molecule has 3 rings (SSSR count). The quantitative estimate of drug-likeness (QED) is 0.825. The van der Waals surface area contributed by atoms with E-state index < -0.39 is 16.0 Å². The molecule has 1 fully saturated rings. The van der Waals surface area contributed by atoms with Gasteiger partial charge in [0.25, 0.3) is 0 Å². The number of aliphatic carboxylic acids is 1. The number of anilines is 1. The Kier molecular flexibility index (Phi) is 5.68. The van der Waals surface area contributed by atoms with Crippen molar-refractivity contribution in [3.05, 3.63) is 59.2 Å². The number of para-hydroxylation sites is 1. The summed E-state index contributed by atoms with van der Waals surface area (Å²) in [6.45, 7) is 3.25. The summed E-state index contributed by atoms with van der Waals surface area (Å²) < 4.78 is 27.7. The Labute approximate surface area is 164 Å². The zero-order valence-electron chi connectivity index (χ0n) is 15.5. The molecule has 7 nitrogen and oxygen atoms in total. The van der Waals surface area contributed by atoms with Crippen LogP contribution in [0, 0.1) is 18.3 Å². The number of nitriles is 1. The fourth-order valence-corrected chi connectivity index (χ4v) is 5.06. The minimum Gasteiger partial charge on any atom is -0.481 e. The van der Waals surface area contributed by atoms with E-state index in [-0.39, 0.29) is 11.3 Å². The van der Waals surface area contributed by atoms with Crippen LogP contribution in [-0.2, 0) is 21.2 Å². The first-order valence-electron chi connectivity index (χ1n) is 8.88. The molecule has 2 aromatic carbocycles. The number of benzene rings is 2. The molecule has 1 saturated heterocycles. The van der Waals surface area contributed by atoms with Gasteiger partial charge in [0.15, 0.2) is 0 Å². The van der Waals surface area contributed by atoms with Crippen LogP contribution in [0.4, 0.5) is 5.69 Å². The molecule has 0 spiro atoms. The third kappa shape index (κ3) is 4.01. The summed E-state index contributed by atoms with van der Waals surface area (Å²) in [5.41, 5.74) is 2.42. The van der Waals surface area contributed by atoms with Gasteiger partial charge in [0.1, 0.15) is 6.07 Å². The summed E-state index contributed by atoms with van der Waals surface area (Å²) in [6, 6.07) is 14.2. The van der Waals surface area contributed by atoms with E-state index in [4.69, 9.17) is 5.11 Å². The molecule has 0 aromatic heterocycles. The van der Waals surface area contributed by atoms with E-state index >= 15 is 0 Å². The zero-order chi connectivity index (χ0) is 20.3. The standard InChI is InChI=1S/C20H21N3O4S/c1-15-6-7-16(13-20(24)25)12-19(15)28(26,27)23-10-8-22(9-11-23)18-5-3-2-4-17(18)14-21/h2-7,12H,8-11,13H2,1H3,(H,24,25). The summed E-state index contributed by atoms with van der Waals surface area (Å²) in [7, 11) is -3.72. The van der Waals surface area contributed by atoms with E-state index in [9.17, 15) is 18.5 Å². The van der Waals surface area contributed by atoms with Crippen molar-refractivity contribution in [2.24, 2.45) is 0 Å². The summed E-state index contributed by atoms with van der Waals surface area (Å²) >= 11 is 0. The number of hydrogen-bond donors (Lipinski definition) is 1. The number of rotatable bonds is 5. The summed E-state index contributed by atoms with van der Waals surface area (Å²) in [5.74, 6) is -1.00. The lowest BCUT2D eigenvalue weighted by atomic mass is 10.1. The van der Waals surface area contributed by atoms with Crippen LogP contribution in [0.3, 0.4) is 0 Å². The molecule has 0 bridgehead atoms. The molecule has 146 valence electrons. The Hall–Kier alpha value is -2.89. The van der Waals surface area contributed by atoms with Gasteiger partial charge in [0.2, 0.25) is 10.0 Å². The average Bonchev–Trinajstić information content (AvgIpc) is 2.69. The lowest BCUT2D eigenvalue weighted by Gasteiger charge is -2.36. The average molecular weight is 399 g/mol. The van der Waals surface area contributed by atoms with Crippen molar-refractivity contribution in [3.63, 3.8) is 0 Å². The summed E-state index contributed by atoms with van der Waals surface area (Å²) in [6.07, 6.45) is -0.221. The molecular formula is C20H21N3O4S. The van der Waals surface area contributed by atoms with Crippen LogP contribution in [0.2, 0.25) is 0 Å². The maximum Gasteiger partial charge on any atom is 0.307 e.